The van der Waals surface area contributed by atoms with Gasteiger partial charge in [-0.25, -0.2) is 0 Å². The molecule has 7 atom stereocenters. The molecule has 4 aliphatic carbocycles. The maximum Gasteiger partial charge on any atom is 0.0346 e. The zero-order valence-corrected chi connectivity index (χ0v) is 22.1. The molecule has 0 amide bonds. The number of hydrogen-bond acceptors (Lipinski definition) is 2. The highest BCUT2D eigenvalue weighted by molar-refractivity contribution is 5.86. The van der Waals surface area contributed by atoms with E-state index in [1.807, 2.05) is 12.4 Å². The van der Waals surface area contributed by atoms with E-state index in [1.165, 1.54) is 67.7 Å². The van der Waals surface area contributed by atoms with Crippen molar-refractivity contribution in [1.29, 1.82) is 0 Å². The molecule has 0 unspecified atom stereocenters. The fourth-order valence-electron chi connectivity index (χ4n) is 9.29. The molecule has 1 aromatic heterocycles. The van der Waals surface area contributed by atoms with Crippen LogP contribution in [0.1, 0.15) is 84.6 Å². The molecule has 0 aliphatic heterocycles. The van der Waals surface area contributed by atoms with Crippen LogP contribution in [0.5, 0.6) is 0 Å². The summed E-state index contributed by atoms with van der Waals surface area (Å²) in [5.74, 6) is 3.61. The maximum atomic E-state index is 4.38. The Hall–Kier alpha value is -1.67. The number of allylic oxidation sites excluding steroid dienone is 2. The summed E-state index contributed by atoms with van der Waals surface area (Å²) in [4.78, 5) is 7.05. The molecule has 0 spiro atoms. The van der Waals surface area contributed by atoms with E-state index in [9.17, 15) is 0 Å². The van der Waals surface area contributed by atoms with Gasteiger partial charge >= 0.3 is 0 Å². The lowest BCUT2D eigenvalue weighted by Gasteiger charge is -2.61. The molecule has 3 saturated carbocycles. The Morgan fingerprint density at radius 1 is 0.971 bits per heavy atom. The van der Waals surface area contributed by atoms with Gasteiger partial charge in [0.2, 0.25) is 0 Å². The maximum absolute atomic E-state index is 4.38. The van der Waals surface area contributed by atoms with Crippen molar-refractivity contribution in [1.82, 2.24) is 9.88 Å². The van der Waals surface area contributed by atoms with E-state index >= 15 is 0 Å². The molecule has 4 aliphatic rings. The summed E-state index contributed by atoms with van der Waals surface area (Å²) in [5.41, 5.74) is 3.99. The Bertz CT molecular complexity index is 1100. The minimum atomic E-state index is 0.343. The third-order valence-electron chi connectivity index (χ3n) is 11.6. The Morgan fingerprint density at radius 2 is 1.82 bits per heavy atom. The van der Waals surface area contributed by atoms with Crippen LogP contribution in [0, 0.1) is 34.5 Å². The molecule has 34 heavy (non-hydrogen) atoms. The predicted octanol–water partition coefficient (Wildman–Crippen LogP) is 7.98. The van der Waals surface area contributed by atoms with Crippen molar-refractivity contribution in [2.24, 2.45) is 34.5 Å². The molecule has 1 aromatic carbocycles. The quantitative estimate of drug-likeness (QED) is 0.465. The van der Waals surface area contributed by atoms with Gasteiger partial charge in [0.05, 0.1) is 0 Å². The Balaban J connectivity index is 1.24. The fraction of sp³-hybridized carbons (Fsp3) is 0.656. The minimum absolute atomic E-state index is 0.343. The first-order valence-corrected chi connectivity index (χ1v) is 14.1. The minimum Gasteiger partial charge on any atom is -0.301 e. The molecular formula is C32H44N2. The molecule has 2 aromatic rings. The zero-order valence-electron chi connectivity index (χ0n) is 22.1. The van der Waals surface area contributed by atoms with Crippen LogP contribution in [0.15, 0.2) is 42.7 Å². The van der Waals surface area contributed by atoms with Crippen molar-refractivity contribution in [3.05, 3.63) is 48.3 Å². The van der Waals surface area contributed by atoms with Crippen molar-refractivity contribution in [3.8, 4) is 0 Å². The second kappa shape index (κ2) is 8.19. The van der Waals surface area contributed by atoms with Crippen molar-refractivity contribution < 1.29 is 0 Å². The third kappa shape index (κ3) is 3.34. The lowest BCUT2D eigenvalue weighted by molar-refractivity contribution is -0.108. The number of fused-ring (bicyclic) bond motifs is 6. The van der Waals surface area contributed by atoms with Crippen molar-refractivity contribution in [2.75, 3.05) is 7.05 Å². The number of hydrogen-bond donors (Lipinski definition) is 0. The van der Waals surface area contributed by atoms with Crippen LogP contribution in [0.3, 0.4) is 0 Å². The topological polar surface area (TPSA) is 16.1 Å². The van der Waals surface area contributed by atoms with Crippen LogP contribution in [0.4, 0.5) is 0 Å². The van der Waals surface area contributed by atoms with E-state index in [2.05, 4.69) is 75.0 Å². The van der Waals surface area contributed by atoms with Gasteiger partial charge in [-0.05, 0) is 135 Å². The van der Waals surface area contributed by atoms with Crippen molar-refractivity contribution in [3.63, 3.8) is 0 Å². The summed E-state index contributed by atoms with van der Waals surface area (Å²) >= 11 is 0. The van der Waals surface area contributed by atoms with Crippen LogP contribution in [-0.2, 0) is 0 Å². The van der Waals surface area contributed by atoms with E-state index in [0.29, 0.717) is 16.9 Å². The van der Waals surface area contributed by atoms with E-state index in [-0.39, 0.29) is 0 Å². The SMILES string of the molecule is CC(C)N(C)[C@H]1CC[C@@]2(C)[C@@H](CC[C@@H]3[C@@H]2CC[C@]2(C)C(c4ccc5ccncc5c4)=CC[C@@H]32)C1. The summed E-state index contributed by atoms with van der Waals surface area (Å²) in [6.45, 7) is 10.1. The summed E-state index contributed by atoms with van der Waals surface area (Å²) in [7, 11) is 2.37. The van der Waals surface area contributed by atoms with Crippen LogP contribution >= 0.6 is 0 Å². The number of benzene rings is 1. The highest BCUT2D eigenvalue weighted by Crippen LogP contribution is 2.67. The van der Waals surface area contributed by atoms with Crippen LogP contribution in [0.2, 0.25) is 0 Å². The van der Waals surface area contributed by atoms with Gasteiger partial charge in [-0.3, -0.25) is 4.98 Å². The van der Waals surface area contributed by atoms with Gasteiger partial charge in [0, 0.05) is 29.9 Å². The number of pyridine rings is 1. The van der Waals surface area contributed by atoms with Gasteiger partial charge in [-0.2, -0.15) is 0 Å². The molecule has 0 radical (unpaired) electrons. The second-order valence-electron chi connectivity index (χ2n) is 13.1. The second-order valence-corrected chi connectivity index (χ2v) is 13.1. The predicted molar refractivity (Wildman–Crippen MR) is 144 cm³/mol. The molecule has 0 N–H and O–H groups in total. The van der Waals surface area contributed by atoms with Gasteiger partial charge in [0.25, 0.3) is 0 Å². The zero-order chi connectivity index (χ0) is 23.7. The highest BCUT2D eigenvalue weighted by Gasteiger charge is 2.58. The molecule has 182 valence electrons. The van der Waals surface area contributed by atoms with Crippen LogP contribution < -0.4 is 0 Å². The van der Waals surface area contributed by atoms with Crippen molar-refractivity contribution in [2.45, 2.75) is 91.1 Å². The third-order valence-corrected chi connectivity index (χ3v) is 11.6. The van der Waals surface area contributed by atoms with E-state index in [0.717, 1.165) is 29.7 Å². The largest absolute Gasteiger partial charge is 0.301 e. The standard InChI is InChI=1S/C32H44N2/c1-21(2)34(5)26-12-15-31(3)25(19-26)8-9-27-29-11-10-28(32(29,4)16-13-30(27)31)23-7-6-22-14-17-33-20-24(22)18-23/h6-7,10,14,17-18,20-21,25-27,29-30H,8-9,11-13,15-16,19H2,1-5H3/t25-,26-,27-,29-,30-,31-,32+/m0/s1. The molecule has 6 rings (SSSR count). The monoisotopic (exact) mass is 456 g/mol. The van der Waals surface area contributed by atoms with Crippen LogP contribution in [-0.4, -0.2) is 29.0 Å². The molecule has 2 nitrogen and oxygen atoms in total. The lowest BCUT2D eigenvalue weighted by atomic mass is 9.44. The number of rotatable bonds is 3. The average molecular weight is 457 g/mol. The highest BCUT2D eigenvalue weighted by atomic mass is 15.1. The summed E-state index contributed by atoms with van der Waals surface area (Å²) in [6.07, 6.45) is 17.9. The Morgan fingerprint density at radius 3 is 2.65 bits per heavy atom. The average Bonchev–Trinajstić information content (AvgIpc) is 3.20. The van der Waals surface area contributed by atoms with E-state index in [1.54, 1.807) is 5.57 Å². The first-order valence-electron chi connectivity index (χ1n) is 14.1. The molecule has 2 heteroatoms. The van der Waals surface area contributed by atoms with Gasteiger partial charge in [0.1, 0.15) is 0 Å². The lowest BCUT2D eigenvalue weighted by Crippen LogP contribution is -2.55. The molecule has 0 bridgehead atoms. The summed E-state index contributed by atoms with van der Waals surface area (Å²) < 4.78 is 0. The summed E-state index contributed by atoms with van der Waals surface area (Å²) in [6, 6.07) is 10.7. The first kappa shape index (κ1) is 22.8. The Labute approximate surface area is 207 Å². The van der Waals surface area contributed by atoms with Gasteiger partial charge in [-0.15, -0.1) is 0 Å². The van der Waals surface area contributed by atoms with E-state index in [4.69, 9.17) is 0 Å². The molecular weight excluding hydrogens is 412 g/mol. The smallest absolute Gasteiger partial charge is 0.0346 e. The summed E-state index contributed by atoms with van der Waals surface area (Å²) in [5, 5.41) is 2.57. The fourth-order valence-corrected chi connectivity index (χ4v) is 9.29. The number of aromatic nitrogens is 1. The van der Waals surface area contributed by atoms with Gasteiger partial charge < -0.3 is 4.90 Å². The molecule has 0 saturated heterocycles. The first-order chi connectivity index (χ1) is 16.3. The van der Waals surface area contributed by atoms with Crippen LogP contribution in [0.25, 0.3) is 16.3 Å². The van der Waals surface area contributed by atoms with Gasteiger partial charge in [-0.1, -0.05) is 32.1 Å². The normalized spacial score (nSPS) is 39.6. The number of nitrogens with zero attached hydrogens (tertiary/aromatic N) is 2. The van der Waals surface area contributed by atoms with Crippen molar-refractivity contribution >= 4 is 16.3 Å². The molecule has 3 fully saturated rings. The van der Waals surface area contributed by atoms with E-state index < -0.39 is 0 Å². The Kier molecular flexibility index (Phi) is 5.48. The van der Waals surface area contributed by atoms with Gasteiger partial charge in [0.15, 0.2) is 0 Å². The molecule has 1 heterocycles.